The maximum atomic E-state index is 12.4. The summed E-state index contributed by atoms with van der Waals surface area (Å²) in [6, 6.07) is 1.42. The monoisotopic (exact) mass is 306 g/mol. The Bertz CT molecular complexity index is 598. The molecule has 1 aromatic rings. The van der Waals surface area contributed by atoms with E-state index in [-0.39, 0.29) is 0 Å². The predicted molar refractivity (Wildman–Crippen MR) is 69.9 cm³/mol. The molecule has 0 aliphatic rings. The van der Waals surface area contributed by atoms with Gasteiger partial charge >= 0.3 is 6.18 Å². The van der Waals surface area contributed by atoms with E-state index in [4.69, 9.17) is 0 Å². The van der Waals surface area contributed by atoms with Crippen LogP contribution in [0.3, 0.4) is 0 Å². The van der Waals surface area contributed by atoms with Crippen molar-refractivity contribution in [1.82, 2.24) is 10.3 Å². The van der Waals surface area contributed by atoms with Gasteiger partial charge in [0.15, 0.2) is 0 Å². The fourth-order valence-electron chi connectivity index (χ4n) is 1.32. The largest absolute Gasteiger partial charge is 0.431 e. The quantitative estimate of drug-likeness (QED) is 0.794. The highest BCUT2D eigenvalue weighted by molar-refractivity contribution is 5.94. The molecule has 0 radical (unpaired) electrons. The van der Waals surface area contributed by atoms with E-state index < -0.39 is 40.0 Å². The van der Waals surface area contributed by atoms with Crippen molar-refractivity contribution in [2.75, 3.05) is 0 Å². The molecule has 0 unspecified atom stereocenters. The van der Waals surface area contributed by atoms with Crippen LogP contribution in [-0.2, 0) is 6.18 Å². The Morgan fingerprint density at radius 3 is 2.10 bits per heavy atom. The van der Waals surface area contributed by atoms with Crippen molar-refractivity contribution in [2.45, 2.75) is 45.0 Å². The van der Waals surface area contributed by atoms with E-state index in [0.717, 1.165) is 6.07 Å². The van der Waals surface area contributed by atoms with E-state index in [9.17, 15) is 27.9 Å². The van der Waals surface area contributed by atoms with Crippen LogP contribution in [0.1, 0.15) is 43.7 Å². The molecule has 1 aromatic heterocycles. The molecule has 0 aromatic carbocycles. The number of aromatic amines is 1. The lowest BCUT2D eigenvalue weighted by atomic mass is 9.86. The van der Waals surface area contributed by atoms with Gasteiger partial charge in [0, 0.05) is 0 Å². The summed E-state index contributed by atoms with van der Waals surface area (Å²) in [7, 11) is 0. The zero-order valence-corrected chi connectivity index (χ0v) is 12.1. The minimum Gasteiger partial charge on any atom is -0.388 e. The molecule has 0 saturated carbocycles. The molecule has 1 rings (SSSR count). The van der Waals surface area contributed by atoms with Gasteiger partial charge in [-0.3, -0.25) is 9.59 Å². The van der Waals surface area contributed by atoms with Crippen LogP contribution in [0.5, 0.6) is 0 Å². The van der Waals surface area contributed by atoms with Crippen LogP contribution in [-0.4, -0.2) is 27.1 Å². The van der Waals surface area contributed by atoms with Gasteiger partial charge in [0.1, 0.15) is 11.3 Å². The normalized spacial score (nSPS) is 13.1. The van der Waals surface area contributed by atoms with Crippen molar-refractivity contribution in [2.24, 2.45) is 0 Å². The molecular formula is C13H17F3N2O3. The maximum absolute atomic E-state index is 12.4. The van der Waals surface area contributed by atoms with Gasteiger partial charge in [0.05, 0.1) is 11.1 Å². The highest BCUT2D eigenvalue weighted by Crippen LogP contribution is 2.26. The third kappa shape index (κ3) is 3.84. The van der Waals surface area contributed by atoms with Crippen LogP contribution in [0.25, 0.3) is 0 Å². The Labute approximate surface area is 119 Å². The molecule has 0 aliphatic heterocycles. The van der Waals surface area contributed by atoms with Crippen LogP contribution in [0, 0.1) is 0 Å². The predicted octanol–water partition coefficient (Wildman–Crippen LogP) is 1.67. The number of carbonyl (C=O) groups excluding carboxylic acids is 1. The summed E-state index contributed by atoms with van der Waals surface area (Å²) in [5.74, 6) is -0.864. The fraction of sp³-hybridized carbons (Fsp3) is 0.538. The smallest absolute Gasteiger partial charge is 0.388 e. The van der Waals surface area contributed by atoms with Crippen molar-refractivity contribution < 1.29 is 23.1 Å². The number of pyridine rings is 1. The summed E-state index contributed by atoms with van der Waals surface area (Å²) in [5, 5.41) is 12.3. The third-order valence-corrected chi connectivity index (χ3v) is 3.42. The minimum absolute atomic E-state index is 0.458. The van der Waals surface area contributed by atoms with Gasteiger partial charge in [-0.05, 0) is 39.8 Å². The Morgan fingerprint density at radius 2 is 1.71 bits per heavy atom. The van der Waals surface area contributed by atoms with Crippen molar-refractivity contribution >= 4 is 5.91 Å². The lowest BCUT2D eigenvalue weighted by Gasteiger charge is -2.37. The van der Waals surface area contributed by atoms with E-state index in [1.165, 1.54) is 27.7 Å². The standard InChI is InChI=1S/C13H17F3N2O3/c1-11(2,12(3,4)21)18-10(20)7-5-6-8(13(14,15)16)17-9(7)19/h5-6,21H,1-4H3,(H,17,19)(H,18,20). The van der Waals surface area contributed by atoms with E-state index in [0.29, 0.717) is 6.07 Å². The number of halogens is 3. The van der Waals surface area contributed by atoms with Crippen molar-refractivity contribution in [1.29, 1.82) is 0 Å². The third-order valence-electron chi connectivity index (χ3n) is 3.42. The first-order valence-electron chi connectivity index (χ1n) is 6.11. The summed E-state index contributed by atoms with van der Waals surface area (Å²) in [6.45, 7) is 5.99. The van der Waals surface area contributed by atoms with E-state index in [1.807, 2.05) is 0 Å². The molecule has 0 spiro atoms. The molecule has 0 aliphatic carbocycles. The average molecular weight is 306 g/mol. The summed E-state index contributed by atoms with van der Waals surface area (Å²) in [6.07, 6.45) is -4.69. The number of carbonyl (C=O) groups is 1. The summed E-state index contributed by atoms with van der Waals surface area (Å²) >= 11 is 0. The molecular weight excluding hydrogens is 289 g/mol. The van der Waals surface area contributed by atoms with Crippen LogP contribution < -0.4 is 10.9 Å². The number of H-pyrrole nitrogens is 1. The topological polar surface area (TPSA) is 82.2 Å². The molecule has 118 valence electrons. The Balaban J connectivity index is 3.09. The molecule has 5 nitrogen and oxygen atoms in total. The fourth-order valence-corrected chi connectivity index (χ4v) is 1.32. The van der Waals surface area contributed by atoms with Gasteiger partial charge in [-0.15, -0.1) is 0 Å². The first kappa shape index (κ1) is 17.2. The van der Waals surface area contributed by atoms with Gasteiger partial charge in [0.2, 0.25) is 0 Å². The number of nitrogens with one attached hydrogen (secondary N) is 2. The highest BCUT2D eigenvalue weighted by atomic mass is 19.4. The number of hydrogen-bond donors (Lipinski definition) is 3. The molecule has 3 N–H and O–H groups in total. The number of rotatable bonds is 3. The van der Waals surface area contributed by atoms with Crippen LogP contribution in [0.2, 0.25) is 0 Å². The molecule has 1 amide bonds. The lowest BCUT2D eigenvalue weighted by Crippen LogP contribution is -2.58. The van der Waals surface area contributed by atoms with Crippen molar-refractivity contribution in [3.8, 4) is 0 Å². The Kier molecular flexibility index (Phi) is 4.24. The van der Waals surface area contributed by atoms with Gasteiger partial charge in [-0.1, -0.05) is 0 Å². The molecule has 0 atom stereocenters. The molecule has 8 heteroatoms. The molecule has 0 fully saturated rings. The van der Waals surface area contributed by atoms with Gasteiger partial charge in [-0.25, -0.2) is 0 Å². The molecule has 1 heterocycles. The van der Waals surface area contributed by atoms with Crippen LogP contribution in [0.4, 0.5) is 13.2 Å². The summed E-state index contributed by atoms with van der Waals surface area (Å²) in [4.78, 5) is 25.2. The zero-order chi connectivity index (χ0) is 16.6. The molecule has 0 bridgehead atoms. The maximum Gasteiger partial charge on any atom is 0.431 e. The van der Waals surface area contributed by atoms with Gasteiger partial charge < -0.3 is 15.4 Å². The summed E-state index contributed by atoms with van der Waals surface area (Å²) in [5.41, 5.74) is -5.21. The lowest BCUT2D eigenvalue weighted by molar-refractivity contribution is -0.141. The van der Waals surface area contributed by atoms with Crippen molar-refractivity contribution in [3.05, 3.63) is 33.7 Å². The second-order valence-electron chi connectivity index (χ2n) is 5.75. The van der Waals surface area contributed by atoms with Crippen LogP contribution in [0.15, 0.2) is 16.9 Å². The van der Waals surface area contributed by atoms with Crippen molar-refractivity contribution in [3.63, 3.8) is 0 Å². The number of alkyl halides is 3. The van der Waals surface area contributed by atoms with E-state index in [2.05, 4.69) is 5.32 Å². The SMILES string of the molecule is CC(C)(O)C(C)(C)NC(=O)c1ccc(C(F)(F)F)[nH]c1=O. The van der Waals surface area contributed by atoms with Crippen LogP contribution >= 0.6 is 0 Å². The summed E-state index contributed by atoms with van der Waals surface area (Å²) < 4.78 is 37.3. The number of hydrogen-bond acceptors (Lipinski definition) is 3. The number of aliphatic hydroxyl groups is 1. The first-order chi connectivity index (χ1) is 9.25. The Hall–Kier alpha value is -1.83. The minimum atomic E-state index is -4.69. The highest BCUT2D eigenvalue weighted by Gasteiger charge is 2.37. The molecule has 21 heavy (non-hydrogen) atoms. The van der Waals surface area contributed by atoms with Gasteiger partial charge in [0.25, 0.3) is 11.5 Å². The first-order valence-corrected chi connectivity index (χ1v) is 6.11. The molecule has 0 saturated heterocycles. The Morgan fingerprint density at radius 1 is 1.19 bits per heavy atom. The van der Waals surface area contributed by atoms with E-state index in [1.54, 1.807) is 4.98 Å². The average Bonchev–Trinajstić information content (AvgIpc) is 2.24. The second-order valence-corrected chi connectivity index (χ2v) is 5.75. The van der Waals surface area contributed by atoms with Gasteiger partial charge in [-0.2, -0.15) is 13.2 Å². The second kappa shape index (κ2) is 5.18. The van der Waals surface area contributed by atoms with E-state index >= 15 is 0 Å². The number of amides is 1. The number of aromatic nitrogens is 1. The zero-order valence-electron chi connectivity index (χ0n) is 12.1.